The van der Waals surface area contributed by atoms with Crippen LogP contribution >= 0.6 is 15.6 Å². The Morgan fingerprint density at radius 3 is 0.782 bits per heavy atom. The number of rotatable bonds is 67. The maximum atomic E-state index is 13.0. The Morgan fingerprint density at radius 1 is 0.310 bits per heavy atom. The van der Waals surface area contributed by atoms with Gasteiger partial charge in [0.1, 0.15) is 19.3 Å². The minimum atomic E-state index is -4.95. The number of aliphatic hydroxyl groups is 1. The molecular weight excluding hydrogens is 1150 g/mol. The topological polar surface area (TPSA) is 237 Å². The van der Waals surface area contributed by atoms with Crippen LogP contribution in [0.5, 0.6) is 0 Å². The lowest BCUT2D eigenvalue weighted by molar-refractivity contribution is -0.161. The molecule has 17 nitrogen and oxygen atoms in total. The van der Waals surface area contributed by atoms with E-state index in [2.05, 4.69) is 41.5 Å². The van der Waals surface area contributed by atoms with E-state index in [1.165, 1.54) is 154 Å². The van der Waals surface area contributed by atoms with Gasteiger partial charge in [-0.1, -0.05) is 292 Å². The number of phosphoric ester groups is 2. The molecule has 0 spiro atoms. The molecule has 516 valence electrons. The van der Waals surface area contributed by atoms with Gasteiger partial charge in [0.25, 0.3) is 0 Å². The number of esters is 4. The molecule has 0 fully saturated rings. The van der Waals surface area contributed by atoms with E-state index in [0.717, 1.165) is 108 Å². The van der Waals surface area contributed by atoms with Gasteiger partial charge in [-0.25, -0.2) is 9.13 Å². The molecule has 0 aliphatic carbocycles. The zero-order chi connectivity index (χ0) is 64.3. The molecule has 0 amide bonds. The van der Waals surface area contributed by atoms with Gasteiger partial charge in [0.05, 0.1) is 26.4 Å². The van der Waals surface area contributed by atoms with Crippen molar-refractivity contribution in [1.29, 1.82) is 0 Å². The zero-order valence-electron chi connectivity index (χ0n) is 56.3. The van der Waals surface area contributed by atoms with Crippen molar-refractivity contribution in [2.75, 3.05) is 39.6 Å². The van der Waals surface area contributed by atoms with E-state index in [1.54, 1.807) is 0 Å². The fourth-order valence-electron chi connectivity index (χ4n) is 10.2. The van der Waals surface area contributed by atoms with Gasteiger partial charge >= 0.3 is 39.5 Å². The molecular formula is C68H132O17P2. The molecule has 0 aromatic rings. The summed E-state index contributed by atoms with van der Waals surface area (Å²) in [5.41, 5.74) is 0. The van der Waals surface area contributed by atoms with E-state index < -0.39 is 97.5 Å². The van der Waals surface area contributed by atoms with Crippen LogP contribution in [-0.2, 0) is 65.4 Å². The second-order valence-corrected chi connectivity index (χ2v) is 28.4. The van der Waals surface area contributed by atoms with Gasteiger partial charge in [-0.2, -0.15) is 0 Å². The van der Waals surface area contributed by atoms with Crippen LogP contribution in [0.3, 0.4) is 0 Å². The maximum absolute atomic E-state index is 13.0. The third-order valence-electron chi connectivity index (χ3n) is 15.7. The SMILES string of the molecule is CCCCCCCCCCCCCC(=O)O[C@H](COC(=O)CCCCCCCCCC)COP(=O)(O)OC[C@H](O)COP(=O)(O)OC[C@@H](COC(=O)CCCCCCCCCCC(C)C)OC(=O)CCCCCCCCCCCCCCCCC(C)C. The van der Waals surface area contributed by atoms with Crippen molar-refractivity contribution in [1.82, 2.24) is 0 Å². The molecule has 0 saturated heterocycles. The number of carbonyl (C=O) groups is 4. The first-order valence-corrected chi connectivity index (χ1v) is 38.5. The van der Waals surface area contributed by atoms with Crippen molar-refractivity contribution in [2.24, 2.45) is 11.8 Å². The molecule has 0 aromatic heterocycles. The molecule has 0 bridgehead atoms. The average molecular weight is 1280 g/mol. The number of hydrogen-bond donors (Lipinski definition) is 3. The Labute approximate surface area is 530 Å². The van der Waals surface area contributed by atoms with Gasteiger partial charge < -0.3 is 33.8 Å². The monoisotopic (exact) mass is 1280 g/mol. The van der Waals surface area contributed by atoms with Crippen LogP contribution < -0.4 is 0 Å². The standard InChI is InChI=1S/C68H132O17P2/c1-7-9-11-13-15-17-22-26-34-40-46-52-67(72)84-63(56-78-65(70)50-44-38-32-16-14-12-10-8-2)58-82-86(74,75)80-54-62(69)55-81-87(76,77)83-59-64(57-79-66(71)51-45-39-33-29-28-31-37-43-49-61(5)6)85-68(73)53-47-41-35-27-24-21-19-18-20-23-25-30-36-42-48-60(3)4/h60-64,69H,7-59H2,1-6H3,(H,74,75)(H,76,77)/t62-,63+,64+/m0/s1. The molecule has 19 heteroatoms. The molecule has 0 saturated carbocycles. The van der Waals surface area contributed by atoms with Crippen LogP contribution in [-0.4, -0.2) is 96.7 Å². The molecule has 0 rings (SSSR count). The zero-order valence-corrected chi connectivity index (χ0v) is 58.1. The fraction of sp³-hybridized carbons (Fsp3) is 0.941. The van der Waals surface area contributed by atoms with Gasteiger partial charge in [-0.15, -0.1) is 0 Å². The van der Waals surface area contributed by atoms with Gasteiger partial charge in [-0.3, -0.25) is 37.3 Å². The molecule has 0 aliphatic rings. The minimum Gasteiger partial charge on any atom is -0.462 e. The third-order valence-corrected chi connectivity index (χ3v) is 17.6. The Bertz CT molecular complexity index is 1700. The summed E-state index contributed by atoms with van der Waals surface area (Å²) in [5.74, 6) is -0.608. The summed E-state index contributed by atoms with van der Waals surface area (Å²) in [5, 5.41) is 10.6. The summed E-state index contributed by atoms with van der Waals surface area (Å²) in [6.07, 6.45) is 44.5. The fourth-order valence-corrected chi connectivity index (χ4v) is 11.8. The van der Waals surface area contributed by atoms with E-state index in [1.807, 2.05) is 0 Å². The van der Waals surface area contributed by atoms with Crippen LogP contribution in [0.25, 0.3) is 0 Å². The number of hydrogen-bond acceptors (Lipinski definition) is 15. The molecule has 87 heavy (non-hydrogen) atoms. The second-order valence-electron chi connectivity index (χ2n) is 25.5. The minimum absolute atomic E-state index is 0.107. The number of carbonyl (C=O) groups excluding carboxylic acids is 4. The van der Waals surface area contributed by atoms with Gasteiger partial charge in [0.15, 0.2) is 12.2 Å². The van der Waals surface area contributed by atoms with Gasteiger partial charge in [0.2, 0.25) is 0 Å². The molecule has 5 atom stereocenters. The summed E-state index contributed by atoms with van der Waals surface area (Å²) in [6.45, 7) is 9.49. The summed E-state index contributed by atoms with van der Waals surface area (Å²) >= 11 is 0. The highest BCUT2D eigenvalue weighted by molar-refractivity contribution is 7.47. The molecule has 0 heterocycles. The van der Waals surface area contributed by atoms with Crippen molar-refractivity contribution in [3.8, 4) is 0 Å². The van der Waals surface area contributed by atoms with Crippen LogP contribution in [0.1, 0.15) is 343 Å². The van der Waals surface area contributed by atoms with Crippen molar-refractivity contribution in [3.05, 3.63) is 0 Å². The number of unbranched alkanes of at least 4 members (excludes halogenated alkanes) is 37. The Hall–Kier alpha value is -1.94. The van der Waals surface area contributed by atoms with Crippen molar-refractivity contribution >= 4 is 39.5 Å². The number of phosphoric acid groups is 2. The molecule has 0 aliphatic heterocycles. The highest BCUT2D eigenvalue weighted by Crippen LogP contribution is 2.45. The lowest BCUT2D eigenvalue weighted by Gasteiger charge is -2.21. The van der Waals surface area contributed by atoms with Crippen molar-refractivity contribution in [3.63, 3.8) is 0 Å². The third kappa shape index (κ3) is 62.6. The predicted molar refractivity (Wildman–Crippen MR) is 349 cm³/mol. The summed E-state index contributed by atoms with van der Waals surface area (Å²) in [6, 6.07) is 0. The van der Waals surface area contributed by atoms with Crippen molar-refractivity contribution in [2.45, 2.75) is 362 Å². The first kappa shape index (κ1) is 85.1. The first-order valence-electron chi connectivity index (χ1n) is 35.5. The highest BCUT2D eigenvalue weighted by Gasteiger charge is 2.30. The van der Waals surface area contributed by atoms with Crippen LogP contribution in [0.2, 0.25) is 0 Å². The highest BCUT2D eigenvalue weighted by atomic mass is 31.2. The Kier molecular flexibility index (Phi) is 59.0. The summed E-state index contributed by atoms with van der Waals surface area (Å²) in [4.78, 5) is 72.3. The van der Waals surface area contributed by atoms with Crippen LogP contribution in [0, 0.1) is 11.8 Å². The Morgan fingerprint density at radius 2 is 0.529 bits per heavy atom. The molecule has 0 radical (unpaired) electrons. The lowest BCUT2D eigenvalue weighted by Crippen LogP contribution is -2.30. The van der Waals surface area contributed by atoms with E-state index in [4.69, 9.17) is 37.0 Å². The average Bonchev–Trinajstić information content (AvgIpc) is 3.68. The van der Waals surface area contributed by atoms with E-state index in [-0.39, 0.29) is 25.7 Å². The predicted octanol–water partition coefficient (Wildman–Crippen LogP) is 19.2. The summed E-state index contributed by atoms with van der Waals surface area (Å²) < 4.78 is 68.1. The molecule has 2 unspecified atom stereocenters. The Balaban J connectivity index is 5.21. The smallest absolute Gasteiger partial charge is 0.462 e. The van der Waals surface area contributed by atoms with Gasteiger partial charge in [-0.05, 0) is 37.5 Å². The lowest BCUT2D eigenvalue weighted by atomic mass is 10.0. The summed E-state index contributed by atoms with van der Waals surface area (Å²) in [7, 11) is -9.89. The van der Waals surface area contributed by atoms with E-state index in [0.29, 0.717) is 25.7 Å². The van der Waals surface area contributed by atoms with E-state index in [9.17, 15) is 43.2 Å². The molecule has 3 N–H and O–H groups in total. The molecule has 0 aromatic carbocycles. The van der Waals surface area contributed by atoms with Crippen LogP contribution in [0.15, 0.2) is 0 Å². The van der Waals surface area contributed by atoms with Gasteiger partial charge in [0, 0.05) is 25.7 Å². The maximum Gasteiger partial charge on any atom is 0.472 e. The van der Waals surface area contributed by atoms with Crippen LogP contribution in [0.4, 0.5) is 0 Å². The van der Waals surface area contributed by atoms with Crippen molar-refractivity contribution < 1.29 is 80.2 Å². The largest absolute Gasteiger partial charge is 0.472 e. The number of ether oxygens (including phenoxy) is 4. The normalized spacial score (nSPS) is 14.2. The second kappa shape index (κ2) is 60.3. The number of aliphatic hydroxyl groups excluding tert-OH is 1. The van der Waals surface area contributed by atoms with E-state index >= 15 is 0 Å². The quantitative estimate of drug-likeness (QED) is 0.0222. The first-order chi connectivity index (χ1) is 41.9.